The van der Waals surface area contributed by atoms with Crippen molar-refractivity contribution < 1.29 is 14.6 Å². The van der Waals surface area contributed by atoms with Gasteiger partial charge in [-0.3, -0.25) is 4.79 Å². The number of methoxy groups -OCH3 is 1. The fourth-order valence-electron chi connectivity index (χ4n) is 1.22. The summed E-state index contributed by atoms with van der Waals surface area (Å²) < 4.78 is 5.14. The number of carbonyl (C=O) groups is 1. The molecule has 0 unspecified atom stereocenters. The van der Waals surface area contributed by atoms with Gasteiger partial charge in [-0.2, -0.15) is 0 Å². The second-order valence-electron chi connectivity index (χ2n) is 3.19. The van der Waals surface area contributed by atoms with E-state index in [1.807, 2.05) is 31.2 Å². The summed E-state index contributed by atoms with van der Waals surface area (Å²) in [5, 5.41) is 8.57. The van der Waals surface area contributed by atoms with Crippen molar-refractivity contribution in [2.75, 3.05) is 7.11 Å². The Morgan fingerprint density at radius 3 is 2.43 bits per heavy atom. The number of carboxylic acids is 1. The van der Waals surface area contributed by atoms with Crippen molar-refractivity contribution in [2.45, 2.75) is 19.4 Å². The predicted molar refractivity (Wildman–Crippen MR) is 53.2 cm³/mol. The molecule has 76 valence electrons. The Hall–Kier alpha value is -1.35. The van der Waals surface area contributed by atoms with Crippen molar-refractivity contribution >= 4 is 5.97 Å². The maximum absolute atomic E-state index is 10.4. The molecule has 14 heavy (non-hydrogen) atoms. The van der Waals surface area contributed by atoms with Crippen molar-refractivity contribution in [3.8, 4) is 0 Å². The molecule has 1 aromatic rings. The molecule has 0 amide bonds. The molecule has 0 fully saturated rings. The van der Waals surface area contributed by atoms with Crippen LogP contribution in [0.3, 0.4) is 0 Å². The van der Waals surface area contributed by atoms with Gasteiger partial charge in [0.05, 0.1) is 12.5 Å². The fourth-order valence-corrected chi connectivity index (χ4v) is 1.22. The lowest BCUT2D eigenvalue weighted by molar-refractivity contribution is -0.136. The first-order valence-electron chi connectivity index (χ1n) is 4.47. The molecular weight excluding hydrogens is 180 g/mol. The molecule has 1 atom stereocenters. The van der Waals surface area contributed by atoms with Crippen molar-refractivity contribution in [2.24, 2.45) is 0 Å². The fraction of sp³-hybridized carbons (Fsp3) is 0.364. The highest BCUT2D eigenvalue weighted by molar-refractivity contribution is 5.70. The highest BCUT2D eigenvalue weighted by Gasteiger charge is 2.04. The Bertz CT molecular complexity index is 303. The van der Waals surface area contributed by atoms with Crippen LogP contribution in [0, 0.1) is 0 Å². The molecule has 0 saturated carbocycles. The van der Waals surface area contributed by atoms with Crippen LogP contribution in [0.5, 0.6) is 0 Å². The Kier molecular flexibility index (Phi) is 3.65. The number of aliphatic carboxylic acids is 1. The Labute approximate surface area is 83.3 Å². The summed E-state index contributed by atoms with van der Waals surface area (Å²) >= 11 is 0. The monoisotopic (exact) mass is 194 g/mol. The molecule has 3 nitrogen and oxygen atoms in total. The maximum atomic E-state index is 10.4. The summed E-state index contributed by atoms with van der Waals surface area (Å²) in [7, 11) is 1.65. The van der Waals surface area contributed by atoms with E-state index in [1.54, 1.807) is 7.11 Å². The summed E-state index contributed by atoms with van der Waals surface area (Å²) in [4.78, 5) is 10.4. The van der Waals surface area contributed by atoms with Gasteiger partial charge in [0.2, 0.25) is 0 Å². The van der Waals surface area contributed by atoms with Crippen LogP contribution in [-0.4, -0.2) is 18.2 Å². The van der Waals surface area contributed by atoms with Gasteiger partial charge in [0.15, 0.2) is 0 Å². The molecule has 0 aliphatic rings. The van der Waals surface area contributed by atoms with Crippen LogP contribution < -0.4 is 0 Å². The van der Waals surface area contributed by atoms with Crippen molar-refractivity contribution in [1.82, 2.24) is 0 Å². The van der Waals surface area contributed by atoms with Gasteiger partial charge in [-0.1, -0.05) is 24.3 Å². The van der Waals surface area contributed by atoms with E-state index in [4.69, 9.17) is 9.84 Å². The van der Waals surface area contributed by atoms with Crippen molar-refractivity contribution in [3.05, 3.63) is 35.4 Å². The quantitative estimate of drug-likeness (QED) is 0.797. The summed E-state index contributed by atoms with van der Waals surface area (Å²) in [5.74, 6) is -0.808. The maximum Gasteiger partial charge on any atom is 0.307 e. The van der Waals surface area contributed by atoms with Crippen LogP contribution in [0.15, 0.2) is 24.3 Å². The molecule has 0 spiro atoms. The minimum absolute atomic E-state index is 0.0499. The van der Waals surface area contributed by atoms with E-state index in [9.17, 15) is 4.79 Å². The molecule has 3 heteroatoms. The van der Waals surface area contributed by atoms with Gasteiger partial charge in [0.25, 0.3) is 0 Å². The van der Waals surface area contributed by atoms with E-state index in [1.165, 1.54) is 0 Å². The molecule has 0 aromatic heterocycles. The van der Waals surface area contributed by atoms with E-state index in [0.717, 1.165) is 11.1 Å². The van der Waals surface area contributed by atoms with Crippen LogP contribution in [0.2, 0.25) is 0 Å². The van der Waals surface area contributed by atoms with Gasteiger partial charge < -0.3 is 9.84 Å². The molecule has 0 saturated heterocycles. The molecule has 1 rings (SSSR count). The minimum Gasteiger partial charge on any atom is -0.481 e. The van der Waals surface area contributed by atoms with E-state index in [2.05, 4.69) is 0 Å². The lowest BCUT2D eigenvalue weighted by Crippen LogP contribution is -2.01. The molecule has 0 radical (unpaired) electrons. The lowest BCUT2D eigenvalue weighted by Gasteiger charge is -2.09. The third-order valence-electron chi connectivity index (χ3n) is 2.16. The number of ether oxygens (including phenoxy) is 1. The number of hydrogen-bond donors (Lipinski definition) is 1. The topological polar surface area (TPSA) is 46.5 Å². The Morgan fingerprint density at radius 1 is 1.43 bits per heavy atom. The van der Waals surface area contributed by atoms with E-state index >= 15 is 0 Å². The number of rotatable bonds is 4. The first-order valence-corrected chi connectivity index (χ1v) is 4.47. The average molecular weight is 194 g/mol. The summed E-state index contributed by atoms with van der Waals surface area (Å²) in [6.07, 6.45) is 0.121. The van der Waals surface area contributed by atoms with Crippen molar-refractivity contribution in [3.63, 3.8) is 0 Å². The molecular formula is C11H14O3. The third kappa shape index (κ3) is 2.85. The third-order valence-corrected chi connectivity index (χ3v) is 2.16. The van der Waals surface area contributed by atoms with Crippen LogP contribution in [0.1, 0.15) is 24.2 Å². The SMILES string of the molecule is CO[C@H](C)c1ccc(CC(=O)O)cc1. The largest absolute Gasteiger partial charge is 0.481 e. The molecule has 1 aromatic carbocycles. The highest BCUT2D eigenvalue weighted by Crippen LogP contribution is 2.16. The van der Waals surface area contributed by atoms with Gasteiger partial charge in [0, 0.05) is 7.11 Å². The molecule has 0 aliphatic carbocycles. The lowest BCUT2D eigenvalue weighted by atomic mass is 10.1. The smallest absolute Gasteiger partial charge is 0.307 e. The Morgan fingerprint density at radius 2 is 2.00 bits per heavy atom. The summed E-state index contributed by atoms with van der Waals surface area (Å²) in [5.41, 5.74) is 1.87. The summed E-state index contributed by atoms with van der Waals surface area (Å²) in [6, 6.07) is 7.43. The van der Waals surface area contributed by atoms with E-state index in [-0.39, 0.29) is 12.5 Å². The van der Waals surface area contributed by atoms with Gasteiger partial charge in [0.1, 0.15) is 0 Å². The highest BCUT2D eigenvalue weighted by atomic mass is 16.5. The zero-order chi connectivity index (χ0) is 10.6. The zero-order valence-corrected chi connectivity index (χ0v) is 8.36. The summed E-state index contributed by atoms with van der Waals surface area (Å²) in [6.45, 7) is 1.95. The van der Waals surface area contributed by atoms with E-state index < -0.39 is 5.97 Å². The number of hydrogen-bond acceptors (Lipinski definition) is 2. The van der Waals surface area contributed by atoms with Crippen LogP contribution in [-0.2, 0) is 16.0 Å². The normalized spacial score (nSPS) is 12.4. The second-order valence-corrected chi connectivity index (χ2v) is 3.19. The molecule has 0 aliphatic heterocycles. The van der Waals surface area contributed by atoms with Gasteiger partial charge >= 0.3 is 5.97 Å². The molecule has 1 N–H and O–H groups in total. The van der Waals surface area contributed by atoms with Crippen LogP contribution in [0.25, 0.3) is 0 Å². The van der Waals surface area contributed by atoms with Crippen molar-refractivity contribution in [1.29, 1.82) is 0 Å². The minimum atomic E-state index is -0.808. The van der Waals surface area contributed by atoms with E-state index in [0.29, 0.717) is 0 Å². The zero-order valence-electron chi connectivity index (χ0n) is 8.36. The molecule has 0 heterocycles. The standard InChI is InChI=1S/C11H14O3/c1-8(14-2)10-5-3-9(4-6-10)7-11(12)13/h3-6,8H,7H2,1-2H3,(H,12,13)/t8-/m1/s1. The number of benzene rings is 1. The average Bonchev–Trinajstić information content (AvgIpc) is 2.17. The second kappa shape index (κ2) is 4.77. The van der Waals surface area contributed by atoms with Crippen LogP contribution >= 0.6 is 0 Å². The first kappa shape index (κ1) is 10.7. The van der Waals surface area contributed by atoms with Crippen LogP contribution in [0.4, 0.5) is 0 Å². The Balaban J connectivity index is 2.73. The predicted octanol–water partition coefficient (Wildman–Crippen LogP) is 2.02. The van der Waals surface area contributed by atoms with Gasteiger partial charge in [-0.25, -0.2) is 0 Å². The molecule has 0 bridgehead atoms. The number of carboxylic acid groups (broad SMARTS) is 1. The van der Waals surface area contributed by atoms with Gasteiger partial charge in [-0.15, -0.1) is 0 Å². The first-order chi connectivity index (χ1) is 6.63. The van der Waals surface area contributed by atoms with Gasteiger partial charge in [-0.05, 0) is 18.1 Å².